The van der Waals surface area contributed by atoms with E-state index in [1.165, 1.54) is 5.56 Å². The van der Waals surface area contributed by atoms with E-state index in [-0.39, 0.29) is 12.1 Å². The Labute approximate surface area is 147 Å². The fourth-order valence-electron chi connectivity index (χ4n) is 3.13. The van der Waals surface area contributed by atoms with E-state index in [2.05, 4.69) is 25.2 Å². The Balaban J connectivity index is 1.63. The lowest BCUT2D eigenvalue weighted by Crippen LogP contribution is -2.27. The Bertz CT molecular complexity index is 672. The third-order valence-corrected chi connectivity index (χ3v) is 5.34. The molecule has 0 spiro atoms. The number of nitrogens with one attached hydrogen (secondary N) is 1. The van der Waals surface area contributed by atoms with E-state index in [1.54, 1.807) is 18.4 Å². The van der Waals surface area contributed by atoms with Crippen LogP contribution in [0.25, 0.3) is 0 Å². The molecule has 130 valence electrons. The zero-order valence-electron chi connectivity index (χ0n) is 14.4. The zero-order valence-corrected chi connectivity index (χ0v) is 15.2. The van der Waals surface area contributed by atoms with Crippen LogP contribution >= 0.6 is 11.3 Å². The van der Waals surface area contributed by atoms with Crippen LogP contribution < -0.4 is 14.8 Å². The molecule has 0 aliphatic carbocycles. The lowest BCUT2D eigenvalue weighted by atomic mass is 10.0. The molecule has 1 aliphatic rings. The van der Waals surface area contributed by atoms with Gasteiger partial charge in [0.05, 0.1) is 13.2 Å². The molecule has 2 aromatic rings. The third kappa shape index (κ3) is 3.91. The quantitative estimate of drug-likeness (QED) is 0.802. The van der Waals surface area contributed by atoms with Gasteiger partial charge < -0.3 is 19.9 Å². The first-order chi connectivity index (χ1) is 11.6. The molecule has 0 fully saturated rings. The molecule has 3 unspecified atom stereocenters. The Morgan fingerprint density at radius 1 is 1.46 bits per heavy atom. The van der Waals surface area contributed by atoms with E-state index in [4.69, 9.17) is 9.47 Å². The highest BCUT2D eigenvalue weighted by Crippen LogP contribution is 2.36. The summed E-state index contributed by atoms with van der Waals surface area (Å²) in [7, 11) is 1.69. The van der Waals surface area contributed by atoms with Crippen molar-refractivity contribution < 1.29 is 14.6 Å². The van der Waals surface area contributed by atoms with Crippen LogP contribution in [0.15, 0.2) is 29.6 Å². The van der Waals surface area contributed by atoms with Crippen LogP contribution in [0.5, 0.6) is 11.5 Å². The number of benzene rings is 1. The van der Waals surface area contributed by atoms with Crippen molar-refractivity contribution in [1.29, 1.82) is 0 Å². The van der Waals surface area contributed by atoms with Crippen molar-refractivity contribution >= 4 is 11.3 Å². The van der Waals surface area contributed by atoms with Crippen molar-refractivity contribution in [1.82, 2.24) is 5.32 Å². The van der Waals surface area contributed by atoms with Crippen molar-refractivity contribution in [2.75, 3.05) is 7.11 Å². The van der Waals surface area contributed by atoms with E-state index in [9.17, 15) is 5.11 Å². The first-order valence-corrected chi connectivity index (χ1v) is 9.26. The molecule has 5 heteroatoms. The van der Waals surface area contributed by atoms with E-state index in [0.717, 1.165) is 28.4 Å². The van der Waals surface area contributed by atoms with E-state index >= 15 is 0 Å². The lowest BCUT2D eigenvalue weighted by molar-refractivity contribution is 0.157. The predicted molar refractivity (Wildman–Crippen MR) is 97.0 cm³/mol. The number of hydrogen-bond donors (Lipinski definition) is 2. The normalized spacial score (nSPS) is 18.8. The summed E-state index contributed by atoms with van der Waals surface area (Å²) < 4.78 is 11.4. The van der Waals surface area contributed by atoms with Gasteiger partial charge in [0.1, 0.15) is 17.6 Å². The zero-order chi connectivity index (χ0) is 17.1. The number of aliphatic hydroxyl groups excluding tert-OH is 1. The highest BCUT2D eigenvalue weighted by Gasteiger charge is 2.23. The van der Waals surface area contributed by atoms with Gasteiger partial charge in [-0.3, -0.25) is 0 Å². The average Bonchev–Trinajstić information content (AvgIpc) is 3.20. The molecule has 3 rings (SSSR count). The molecule has 2 N–H and O–H groups in total. The molecular formula is C19H25NO3S. The topological polar surface area (TPSA) is 50.7 Å². The SMILES string of the molecule is COc1cc(CNC(C)CC(O)c2cccs2)c2c(c1)CC(C)O2. The summed E-state index contributed by atoms with van der Waals surface area (Å²) in [5.74, 6) is 1.86. The Morgan fingerprint density at radius 3 is 3.00 bits per heavy atom. The van der Waals surface area contributed by atoms with Gasteiger partial charge in [-0.1, -0.05) is 6.07 Å². The molecule has 4 nitrogen and oxygen atoms in total. The molecule has 2 heterocycles. The standard InChI is InChI=1S/C19H25NO3S/c1-12(7-17(21)18-5-4-6-24-18)20-11-15-10-16(22-3)9-14-8-13(2)23-19(14)15/h4-6,9-10,12-13,17,20-21H,7-8,11H2,1-3H3. The second-order valence-electron chi connectivity index (χ2n) is 6.46. The van der Waals surface area contributed by atoms with Gasteiger partial charge in [0.25, 0.3) is 0 Å². The van der Waals surface area contributed by atoms with Gasteiger partial charge in [0.15, 0.2) is 0 Å². The monoisotopic (exact) mass is 347 g/mol. The summed E-state index contributed by atoms with van der Waals surface area (Å²) >= 11 is 1.59. The molecule has 0 radical (unpaired) electrons. The van der Waals surface area contributed by atoms with Gasteiger partial charge in [-0.25, -0.2) is 0 Å². The molecule has 1 aromatic carbocycles. The molecule has 0 bridgehead atoms. The Kier molecular flexibility index (Phi) is 5.43. The van der Waals surface area contributed by atoms with Crippen molar-refractivity contribution in [2.24, 2.45) is 0 Å². The minimum absolute atomic E-state index is 0.197. The summed E-state index contributed by atoms with van der Waals surface area (Å²) in [5, 5.41) is 15.8. The smallest absolute Gasteiger partial charge is 0.127 e. The summed E-state index contributed by atoms with van der Waals surface area (Å²) in [6.07, 6.45) is 1.40. The molecule has 0 saturated heterocycles. The minimum atomic E-state index is -0.417. The molecule has 1 aromatic heterocycles. The number of ether oxygens (including phenoxy) is 2. The number of thiophene rings is 1. The average molecular weight is 347 g/mol. The first kappa shape index (κ1) is 17.3. The maximum Gasteiger partial charge on any atom is 0.127 e. The van der Waals surface area contributed by atoms with E-state index in [0.29, 0.717) is 13.0 Å². The minimum Gasteiger partial charge on any atom is -0.497 e. The van der Waals surface area contributed by atoms with Crippen molar-refractivity contribution in [3.05, 3.63) is 45.6 Å². The van der Waals surface area contributed by atoms with Crippen LogP contribution in [0.3, 0.4) is 0 Å². The Morgan fingerprint density at radius 2 is 2.29 bits per heavy atom. The number of rotatable bonds is 7. The molecule has 24 heavy (non-hydrogen) atoms. The van der Waals surface area contributed by atoms with Crippen LogP contribution in [0.2, 0.25) is 0 Å². The lowest BCUT2D eigenvalue weighted by Gasteiger charge is -2.18. The molecule has 0 saturated carbocycles. The van der Waals surface area contributed by atoms with Gasteiger partial charge in [-0.15, -0.1) is 11.3 Å². The van der Waals surface area contributed by atoms with Crippen LogP contribution in [0.1, 0.15) is 42.4 Å². The molecule has 1 aliphatic heterocycles. The predicted octanol–water partition coefficient (Wildman–Crippen LogP) is 3.68. The number of fused-ring (bicyclic) bond motifs is 1. The maximum atomic E-state index is 10.3. The van der Waals surface area contributed by atoms with Gasteiger partial charge in [0.2, 0.25) is 0 Å². The summed E-state index contributed by atoms with van der Waals surface area (Å²) in [6, 6.07) is 8.24. The first-order valence-electron chi connectivity index (χ1n) is 8.38. The molecule has 0 amide bonds. The summed E-state index contributed by atoms with van der Waals surface area (Å²) in [6.45, 7) is 4.88. The van der Waals surface area contributed by atoms with Gasteiger partial charge in [-0.2, -0.15) is 0 Å². The van der Waals surface area contributed by atoms with Crippen molar-refractivity contribution in [3.63, 3.8) is 0 Å². The van der Waals surface area contributed by atoms with Gasteiger partial charge >= 0.3 is 0 Å². The van der Waals surface area contributed by atoms with Crippen molar-refractivity contribution in [3.8, 4) is 11.5 Å². The van der Waals surface area contributed by atoms with Crippen LogP contribution in [-0.2, 0) is 13.0 Å². The Hall–Kier alpha value is -1.56. The highest BCUT2D eigenvalue weighted by molar-refractivity contribution is 7.10. The van der Waals surface area contributed by atoms with Crippen LogP contribution in [-0.4, -0.2) is 24.4 Å². The highest BCUT2D eigenvalue weighted by atomic mass is 32.1. The largest absolute Gasteiger partial charge is 0.497 e. The fourth-order valence-corrected chi connectivity index (χ4v) is 3.85. The third-order valence-electron chi connectivity index (χ3n) is 4.37. The molecular weight excluding hydrogens is 322 g/mol. The number of hydrogen-bond acceptors (Lipinski definition) is 5. The van der Waals surface area contributed by atoms with Gasteiger partial charge in [0, 0.05) is 35.0 Å². The van der Waals surface area contributed by atoms with E-state index in [1.807, 2.05) is 23.6 Å². The molecule has 3 atom stereocenters. The second-order valence-corrected chi connectivity index (χ2v) is 7.44. The number of aliphatic hydroxyl groups is 1. The van der Waals surface area contributed by atoms with Gasteiger partial charge in [-0.05, 0) is 43.8 Å². The summed E-state index contributed by atoms with van der Waals surface area (Å²) in [4.78, 5) is 1.02. The number of methoxy groups -OCH3 is 1. The summed E-state index contributed by atoms with van der Waals surface area (Å²) in [5.41, 5.74) is 2.33. The second kappa shape index (κ2) is 7.55. The van der Waals surface area contributed by atoms with Crippen LogP contribution in [0.4, 0.5) is 0 Å². The van der Waals surface area contributed by atoms with E-state index < -0.39 is 6.10 Å². The van der Waals surface area contributed by atoms with Crippen LogP contribution in [0, 0.1) is 0 Å². The van der Waals surface area contributed by atoms with Crippen molar-refractivity contribution in [2.45, 2.75) is 51.5 Å². The fraction of sp³-hybridized carbons (Fsp3) is 0.474. The maximum absolute atomic E-state index is 10.3.